The second-order valence-electron chi connectivity index (χ2n) is 5.12. The molecule has 3 N–H and O–H groups in total. The highest BCUT2D eigenvalue weighted by molar-refractivity contribution is 5.87. The van der Waals surface area contributed by atoms with Gasteiger partial charge in [0.1, 0.15) is 5.54 Å². The molecule has 94 valence electrons. The van der Waals surface area contributed by atoms with E-state index in [-0.39, 0.29) is 5.91 Å². The predicted octanol–water partition coefficient (Wildman–Crippen LogP) is 2.78. The van der Waals surface area contributed by atoms with Gasteiger partial charge in [0.15, 0.2) is 0 Å². The molecule has 0 saturated heterocycles. The highest BCUT2D eigenvalue weighted by Gasteiger charge is 2.30. The van der Waals surface area contributed by atoms with Gasteiger partial charge in [-0.15, -0.1) is 0 Å². The van der Waals surface area contributed by atoms with Gasteiger partial charge in [-0.3, -0.25) is 4.79 Å². The van der Waals surface area contributed by atoms with Gasteiger partial charge in [0.25, 0.3) is 0 Å². The molecule has 1 amide bonds. The average Bonchev–Trinajstić information content (AvgIpc) is 2.27. The van der Waals surface area contributed by atoms with E-state index < -0.39 is 5.54 Å². The number of anilines is 1. The maximum absolute atomic E-state index is 11.6. The Balaban J connectivity index is 2.75. The minimum Gasteiger partial charge on any atom is -0.371 e. The fourth-order valence-corrected chi connectivity index (χ4v) is 1.66. The first kappa shape index (κ1) is 13.6. The third-order valence-electron chi connectivity index (χ3n) is 2.96. The van der Waals surface area contributed by atoms with Gasteiger partial charge >= 0.3 is 0 Å². The standard InChI is InChI=1S/C14H22N2O/c1-11(2)9-10-14(3,13(15)17)16-12-7-5-4-6-8-12/h4-8,11,16H,9-10H2,1-3H3,(H2,15,17). The zero-order valence-electron chi connectivity index (χ0n) is 10.9. The zero-order valence-corrected chi connectivity index (χ0v) is 10.9. The van der Waals surface area contributed by atoms with E-state index in [9.17, 15) is 4.79 Å². The molecule has 1 aromatic carbocycles. The summed E-state index contributed by atoms with van der Waals surface area (Å²) in [5.41, 5.74) is 5.76. The van der Waals surface area contributed by atoms with Crippen LogP contribution in [-0.2, 0) is 4.79 Å². The number of nitrogens with two attached hydrogens (primary N) is 1. The van der Waals surface area contributed by atoms with Crippen molar-refractivity contribution in [2.75, 3.05) is 5.32 Å². The van der Waals surface area contributed by atoms with E-state index in [0.29, 0.717) is 5.92 Å². The molecular formula is C14H22N2O. The van der Waals surface area contributed by atoms with Crippen LogP contribution >= 0.6 is 0 Å². The molecule has 1 aromatic rings. The topological polar surface area (TPSA) is 55.1 Å². The Bertz CT molecular complexity index is 362. The fraction of sp³-hybridized carbons (Fsp3) is 0.500. The van der Waals surface area contributed by atoms with Crippen molar-refractivity contribution in [2.45, 2.75) is 39.2 Å². The molecule has 0 aliphatic carbocycles. The summed E-state index contributed by atoms with van der Waals surface area (Å²) in [6.07, 6.45) is 1.72. The molecular weight excluding hydrogens is 212 g/mol. The Morgan fingerprint density at radius 3 is 2.41 bits per heavy atom. The number of amides is 1. The maximum atomic E-state index is 11.6. The number of primary amides is 1. The summed E-state index contributed by atoms with van der Waals surface area (Å²) in [5, 5.41) is 3.24. The molecule has 0 spiro atoms. The summed E-state index contributed by atoms with van der Waals surface area (Å²) in [5.74, 6) is 0.258. The molecule has 0 aliphatic rings. The normalized spacial score (nSPS) is 14.4. The third kappa shape index (κ3) is 4.10. The van der Waals surface area contributed by atoms with Crippen LogP contribution in [0.4, 0.5) is 5.69 Å². The number of rotatable bonds is 6. The smallest absolute Gasteiger partial charge is 0.242 e. The zero-order chi connectivity index (χ0) is 12.9. The van der Waals surface area contributed by atoms with Gasteiger partial charge in [-0.1, -0.05) is 32.0 Å². The summed E-state index contributed by atoms with van der Waals surface area (Å²) in [6, 6.07) is 9.70. The van der Waals surface area contributed by atoms with Crippen LogP contribution in [0.1, 0.15) is 33.6 Å². The molecule has 17 heavy (non-hydrogen) atoms. The van der Waals surface area contributed by atoms with Crippen molar-refractivity contribution in [1.29, 1.82) is 0 Å². The average molecular weight is 234 g/mol. The van der Waals surface area contributed by atoms with Crippen molar-refractivity contribution in [1.82, 2.24) is 0 Å². The highest BCUT2D eigenvalue weighted by atomic mass is 16.1. The second-order valence-corrected chi connectivity index (χ2v) is 5.12. The van der Waals surface area contributed by atoms with E-state index >= 15 is 0 Å². The van der Waals surface area contributed by atoms with Gasteiger partial charge in [-0.25, -0.2) is 0 Å². The molecule has 1 rings (SSSR count). The summed E-state index contributed by atoms with van der Waals surface area (Å²) < 4.78 is 0. The van der Waals surface area contributed by atoms with Crippen molar-refractivity contribution < 1.29 is 4.79 Å². The molecule has 0 heterocycles. The van der Waals surface area contributed by atoms with Crippen molar-refractivity contribution in [3.05, 3.63) is 30.3 Å². The highest BCUT2D eigenvalue weighted by Crippen LogP contribution is 2.21. The lowest BCUT2D eigenvalue weighted by atomic mass is 9.91. The molecule has 0 bridgehead atoms. The number of para-hydroxylation sites is 1. The molecule has 1 atom stereocenters. The quantitative estimate of drug-likeness (QED) is 0.795. The van der Waals surface area contributed by atoms with E-state index in [0.717, 1.165) is 18.5 Å². The van der Waals surface area contributed by atoms with Crippen LogP contribution in [-0.4, -0.2) is 11.4 Å². The number of nitrogens with one attached hydrogen (secondary N) is 1. The molecule has 0 radical (unpaired) electrons. The summed E-state index contributed by atoms with van der Waals surface area (Å²) >= 11 is 0. The summed E-state index contributed by atoms with van der Waals surface area (Å²) in [7, 11) is 0. The third-order valence-corrected chi connectivity index (χ3v) is 2.96. The van der Waals surface area contributed by atoms with Crippen molar-refractivity contribution in [2.24, 2.45) is 11.7 Å². The lowest BCUT2D eigenvalue weighted by molar-refractivity contribution is -0.122. The molecule has 0 aliphatic heterocycles. The van der Waals surface area contributed by atoms with Crippen molar-refractivity contribution >= 4 is 11.6 Å². The Morgan fingerprint density at radius 1 is 1.35 bits per heavy atom. The van der Waals surface area contributed by atoms with Crippen LogP contribution in [0.2, 0.25) is 0 Å². The maximum Gasteiger partial charge on any atom is 0.242 e. The number of hydrogen-bond acceptors (Lipinski definition) is 2. The van der Waals surface area contributed by atoms with Crippen LogP contribution in [0.25, 0.3) is 0 Å². The molecule has 0 aromatic heterocycles. The minimum atomic E-state index is -0.675. The van der Waals surface area contributed by atoms with Crippen LogP contribution < -0.4 is 11.1 Å². The van der Waals surface area contributed by atoms with Crippen LogP contribution in [0, 0.1) is 5.92 Å². The summed E-state index contributed by atoms with van der Waals surface area (Å²) in [4.78, 5) is 11.6. The first-order valence-electron chi connectivity index (χ1n) is 6.07. The van der Waals surface area contributed by atoms with Crippen molar-refractivity contribution in [3.8, 4) is 0 Å². The predicted molar refractivity (Wildman–Crippen MR) is 71.7 cm³/mol. The van der Waals surface area contributed by atoms with Crippen molar-refractivity contribution in [3.63, 3.8) is 0 Å². The second kappa shape index (κ2) is 5.71. The largest absolute Gasteiger partial charge is 0.371 e. The van der Waals surface area contributed by atoms with E-state index in [1.807, 2.05) is 37.3 Å². The number of carbonyl (C=O) groups excluding carboxylic acids is 1. The first-order valence-corrected chi connectivity index (χ1v) is 6.07. The summed E-state index contributed by atoms with van der Waals surface area (Å²) in [6.45, 7) is 6.15. The molecule has 3 nitrogen and oxygen atoms in total. The van der Waals surface area contributed by atoms with E-state index in [2.05, 4.69) is 19.2 Å². The van der Waals surface area contributed by atoms with Gasteiger partial charge < -0.3 is 11.1 Å². The van der Waals surface area contributed by atoms with E-state index in [1.165, 1.54) is 0 Å². The first-order chi connectivity index (χ1) is 7.94. The van der Waals surface area contributed by atoms with E-state index in [4.69, 9.17) is 5.73 Å². The Morgan fingerprint density at radius 2 is 1.94 bits per heavy atom. The van der Waals surface area contributed by atoms with Gasteiger partial charge in [0.05, 0.1) is 0 Å². The lowest BCUT2D eigenvalue weighted by Crippen LogP contribution is -2.48. The van der Waals surface area contributed by atoms with Gasteiger partial charge in [0, 0.05) is 5.69 Å². The Kier molecular flexibility index (Phi) is 4.55. The van der Waals surface area contributed by atoms with Crippen LogP contribution in [0.15, 0.2) is 30.3 Å². The minimum absolute atomic E-state index is 0.304. The molecule has 3 heteroatoms. The lowest BCUT2D eigenvalue weighted by Gasteiger charge is -2.29. The molecule has 1 unspecified atom stereocenters. The fourth-order valence-electron chi connectivity index (χ4n) is 1.66. The number of hydrogen-bond donors (Lipinski definition) is 2. The van der Waals surface area contributed by atoms with Gasteiger partial charge in [0.2, 0.25) is 5.91 Å². The van der Waals surface area contributed by atoms with E-state index in [1.54, 1.807) is 0 Å². The van der Waals surface area contributed by atoms with Gasteiger partial charge in [-0.2, -0.15) is 0 Å². The number of benzene rings is 1. The van der Waals surface area contributed by atoms with Crippen LogP contribution in [0.5, 0.6) is 0 Å². The van der Waals surface area contributed by atoms with Gasteiger partial charge in [-0.05, 0) is 37.8 Å². The molecule has 0 fully saturated rings. The molecule has 0 saturated carbocycles. The Hall–Kier alpha value is -1.51. The van der Waals surface area contributed by atoms with Crippen LogP contribution in [0.3, 0.4) is 0 Å². The monoisotopic (exact) mass is 234 g/mol. The SMILES string of the molecule is CC(C)CCC(C)(Nc1ccccc1)C(N)=O. The Labute approximate surface area is 103 Å². The number of carbonyl (C=O) groups is 1.